The first-order chi connectivity index (χ1) is 9.11. The summed E-state index contributed by atoms with van der Waals surface area (Å²) >= 11 is 7.66. The molecule has 0 atom stereocenters. The van der Waals surface area contributed by atoms with Crippen molar-refractivity contribution in [1.29, 1.82) is 0 Å². The van der Waals surface area contributed by atoms with E-state index in [1.807, 2.05) is 0 Å². The van der Waals surface area contributed by atoms with Crippen molar-refractivity contribution >= 4 is 39.0 Å². The molecule has 0 N–H and O–H groups in total. The summed E-state index contributed by atoms with van der Waals surface area (Å²) in [7, 11) is 0. The Morgan fingerprint density at radius 1 is 1.37 bits per heavy atom. The van der Waals surface area contributed by atoms with E-state index in [1.54, 1.807) is 11.3 Å². The summed E-state index contributed by atoms with van der Waals surface area (Å²) in [4.78, 5) is 12.1. The molecule has 0 aliphatic carbocycles. The van der Waals surface area contributed by atoms with Gasteiger partial charge in [-0.1, -0.05) is 20.3 Å². The van der Waals surface area contributed by atoms with Crippen LogP contribution in [0.2, 0.25) is 5.28 Å². The Hall–Kier alpha value is -0.870. The van der Waals surface area contributed by atoms with Crippen molar-refractivity contribution in [3.05, 3.63) is 16.7 Å². The minimum atomic E-state index is 0.355. The third-order valence-corrected chi connectivity index (χ3v) is 5.38. The van der Waals surface area contributed by atoms with Gasteiger partial charge in [-0.25, -0.2) is 4.98 Å². The van der Waals surface area contributed by atoms with Gasteiger partial charge in [0.2, 0.25) is 5.28 Å². The predicted molar refractivity (Wildman–Crippen MR) is 82.3 cm³/mol. The minimum absolute atomic E-state index is 0.355. The van der Waals surface area contributed by atoms with E-state index in [0.717, 1.165) is 29.1 Å². The molecule has 1 aliphatic heterocycles. The van der Waals surface area contributed by atoms with Crippen LogP contribution in [-0.4, -0.2) is 23.1 Å². The molecule has 3 rings (SSSR count). The van der Waals surface area contributed by atoms with Crippen molar-refractivity contribution in [2.24, 2.45) is 5.41 Å². The Bertz CT molecular complexity index is 587. The number of rotatable bonds is 2. The summed E-state index contributed by atoms with van der Waals surface area (Å²) < 4.78 is 0. The Labute approximate surface area is 122 Å². The highest BCUT2D eigenvalue weighted by Gasteiger charge is 2.29. The van der Waals surface area contributed by atoms with Crippen molar-refractivity contribution in [2.75, 3.05) is 18.0 Å². The molecule has 0 amide bonds. The molecule has 1 fully saturated rings. The monoisotopic (exact) mass is 295 g/mol. The average Bonchev–Trinajstić information content (AvgIpc) is 2.87. The van der Waals surface area contributed by atoms with Crippen molar-refractivity contribution in [2.45, 2.75) is 33.1 Å². The number of hydrogen-bond donors (Lipinski definition) is 0. The molecule has 102 valence electrons. The minimum Gasteiger partial charge on any atom is -0.356 e. The van der Waals surface area contributed by atoms with Crippen LogP contribution in [0.25, 0.3) is 10.2 Å². The normalized spacial score (nSPS) is 19.0. The fourth-order valence-electron chi connectivity index (χ4n) is 2.67. The number of piperidine rings is 1. The molecule has 1 aliphatic rings. The van der Waals surface area contributed by atoms with Crippen LogP contribution >= 0.6 is 22.9 Å². The Morgan fingerprint density at radius 3 is 2.79 bits per heavy atom. The third kappa shape index (κ3) is 2.43. The largest absolute Gasteiger partial charge is 0.356 e. The summed E-state index contributed by atoms with van der Waals surface area (Å²) in [5.74, 6) is 1.01. The van der Waals surface area contributed by atoms with E-state index in [2.05, 4.69) is 40.2 Å². The summed E-state index contributed by atoms with van der Waals surface area (Å²) in [5, 5.41) is 3.54. The molecule has 0 radical (unpaired) electrons. The second-order valence-electron chi connectivity index (χ2n) is 5.61. The van der Waals surface area contributed by atoms with Gasteiger partial charge in [0.05, 0.1) is 5.39 Å². The molecule has 0 unspecified atom stereocenters. The van der Waals surface area contributed by atoms with Gasteiger partial charge in [0.25, 0.3) is 0 Å². The van der Waals surface area contributed by atoms with Crippen LogP contribution in [0, 0.1) is 5.41 Å². The first-order valence-corrected chi connectivity index (χ1v) is 8.03. The molecule has 3 nitrogen and oxygen atoms in total. The Balaban J connectivity index is 1.91. The average molecular weight is 296 g/mol. The van der Waals surface area contributed by atoms with Crippen molar-refractivity contribution in [3.8, 4) is 0 Å². The van der Waals surface area contributed by atoms with Crippen LogP contribution < -0.4 is 4.90 Å². The maximum atomic E-state index is 6.04. The maximum Gasteiger partial charge on any atom is 0.225 e. The zero-order valence-electron chi connectivity index (χ0n) is 11.3. The van der Waals surface area contributed by atoms with Crippen LogP contribution in [0.5, 0.6) is 0 Å². The lowest BCUT2D eigenvalue weighted by molar-refractivity contribution is 0.238. The molecular formula is C14H18ClN3S. The summed E-state index contributed by atoms with van der Waals surface area (Å²) in [6.07, 6.45) is 3.69. The van der Waals surface area contributed by atoms with Gasteiger partial charge < -0.3 is 4.90 Å². The van der Waals surface area contributed by atoms with Crippen LogP contribution in [0.1, 0.15) is 33.1 Å². The van der Waals surface area contributed by atoms with Gasteiger partial charge in [-0.2, -0.15) is 4.98 Å². The Kier molecular flexibility index (Phi) is 3.39. The van der Waals surface area contributed by atoms with Crippen molar-refractivity contribution in [1.82, 2.24) is 9.97 Å². The highest BCUT2D eigenvalue weighted by Crippen LogP contribution is 2.37. The number of nitrogens with zero attached hydrogens (tertiary/aromatic N) is 3. The van der Waals surface area contributed by atoms with Gasteiger partial charge in [-0.05, 0) is 41.3 Å². The lowest BCUT2D eigenvalue weighted by Gasteiger charge is -2.39. The number of halogens is 1. The van der Waals surface area contributed by atoms with E-state index in [1.165, 1.54) is 19.3 Å². The van der Waals surface area contributed by atoms with Gasteiger partial charge in [0, 0.05) is 13.1 Å². The standard InChI is InChI=1S/C14H18ClN3S/c1-3-14(2)5-7-18(8-6-14)11-10-4-9-19-12(10)17-13(15)16-11/h4,9H,3,5-8H2,1-2H3. The summed E-state index contributed by atoms with van der Waals surface area (Å²) in [5.41, 5.74) is 0.487. The molecule has 5 heteroatoms. The van der Waals surface area contributed by atoms with Crippen LogP contribution in [0.4, 0.5) is 5.82 Å². The smallest absolute Gasteiger partial charge is 0.225 e. The SMILES string of the molecule is CCC1(C)CCN(c2nc(Cl)nc3sccc23)CC1. The topological polar surface area (TPSA) is 29.0 Å². The second-order valence-corrected chi connectivity index (χ2v) is 6.84. The van der Waals surface area contributed by atoms with Crippen LogP contribution in [0.3, 0.4) is 0 Å². The van der Waals surface area contributed by atoms with Gasteiger partial charge in [-0.15, -0.1) is 11.3 Å². The first kappa shape index (κ1) is 13.1. The fraction of sp³-hybridized carbons (Fsp3) is 0.571. The number of hydrogen-bond acceptors (Lipinski definition) is 4. The zero-order chi connectivity index (χ0) is 13.5. The predicted octanol–water partition coefficient (Wildman–Crippen LogP) is 4.36. The molecule has 2 aromatic rings. The first-order valence-electron chi connectivity index (χ1n) is 6.77. The maximum absolute atomic E-state index is 6.04. The lowest BCUT2D eigenvalue weighted by atomic mass is 9.78. The molecule has 3 heterocycles. The molecular weight excluding hydrogens is 278 g/mol. The van der Waals surface area contributed by atoms with E-state index in [9.17, 15) is 0 Å². The van der Waals surface area contributed by atoms with Crippen LogP contribution in [0.15, 0.2) is 11.4 Å². The molecule has 0 saturated carbocycles. The van der Waals surface area contributed by atoms with E-state index in [-0.39, 0.29) is 0 Å². The summed E-state index contributed by atoms with van der Waals surface area (Å²) in [6.45, 7) is 6.79. The molecule has 1 saturated heterocycles. The molecule has 0 spiro atoms. The van der Waals surface area contributed by atoms with E-state index in [0.29, 0.717) is 10.7 Å². The lowest BCUT2D eigenvalue weighted by Crippen LogP contribution is -2.39. The highest BCUT2D eigenvalue weighted by molar-refractivity contribution is 7.16. The second kappa shape index (κ2) is 4.91. The zero-order valence-corrected chi connectivity index (χ0v) is 12.9. The van der Waals surface area contributed by atoms with Crippen LogP contribution in [-0.2, 0) is 0 Å². The quantitative estimate of drug-likeness (QED) is 0.771. The van der Waals surface area contributed by atoms with Gasteiger partial charge >= 0.3 is 0 Å². The van der Waals surface area contributed by atoms with Gasteiger partial charge in [0.1, 0.15) is 10.6 Å². The van der Waals surface area contributed by atoms with Gasteiger partial charge in [0.15, 0.2) is 0 Å². The number of thiophene rings is 1. The third-order valence-electron chi connectivity index (χ3n) is 4.40. The highest BCUT2D eigenvalue weighted by atomic mass is 35.5. The van der Waals surface area contributed by atoms with Crippen molar-refractivity contribution in [3.63, 3.8) is 0 Å². The molecule has 2 aromatic heterocycles. The molecule has 0 aromatic carbocycles. The van der Waals surface area contributed by atoms with E-state index in [4.69, 9.17) is 11.6 Å². The number of aromatic nitrogens is 2. The fourth-order valence-corrected chi connectivity index (χ4v) is 3.64. The Morgan fingerprint density at radius 2 is 2.11 bits per heavy atom. The number of fused-ring (bicyclic) bond motifs is 1. The number of anilines is 1. The van der Waals surface area contributed by atoms with E-state index >= 15 is 0 Å². The van der Waals surface area contributed by atoms with Crippen molar-refractivity contribution < 1.29 is 0 Å². The molecule has 19 heavy (non-hydrogen) atoms. The summed E-state index contributed by atoms with van der Waals surface area (Å²) in [6, 6.07) is 2.10. The van der Waals surface area contributed by atoms with E-state index < -0.39 is 0 Å². The molecule has 0 bridgehead atoms. The van der Waals surface area contributed by atoms with Gasteiger partial charge in [-0.3, -0.25) is 0 Å².